The molecule has 0 saturated carbocycles. The van der Waals surface area contributed by atoms with E-state index in [1.807, 2.05) is 23.1 Å². The third-order valence-corrected chi connectivity index (χ3v) is 4.31. The molecule has 1 N–H and O–H groups in total. The lowest BCUT2D eigenvalue weighted by Crippen LogP contribution is -3.13. The van der Waals surface area contributed by atoms with E-state index >= 15 is 0 Å². The number of alkyl halides is 3. The highest BCUT2D eigenvalue weighted by Gasteiger charge is 2.31. The summed E-state index contributed by atoms with van der Waals surface area (Å²) in [6.07, 6.45) is -4.28. The Morgan fingerprint density at radius 2 is 1.61 bits per heavy atom. The Labute approximate surface area is 134 Å². The van der Waals surface area contributed by atoms with Gasteiger partial charge in [0.1, 0.15) is 6.54 Å². The number of quaternary nitrogens is 1. The average molecular weight is 321 g/mol. The lowest BCUT2D eigenvalue weighted by atomic mass is 10.1. The van der Waals surface area contributed by atoms with E-state index < -0.39 is 11.7 Å². The minimum atomic E-state index is -4.28. The summed E-state index contributed by atoms with van der Waals surface area (Å²) in [6, 6.07) is 15.9. The summed E-state index contributed by atoms with van der Waals surface area (Å²) in [4.78, 5) is 3.52. The molecule has 1 heterocycles. The van der Waals surface area contributed by atoms with Gasteiger partial charge in [-0.15, -0.1) is 0 Å². The molecular weight excluding hydrogens is 301 g/mol. The standard InChI is InChI=1S/C18H19F3N2/c19-18(20,21)16-7-4-8-17(13-16)23-11-9-22(10-12-23)14-15-5-2-1-3-6-15/h1-8,13H,9-12,14H2/p+1. The van der Waals surface area contributed by atoms with Gasteiger partial charge in [-0.1, -0.05) is 36.4 Å². The predicted octanol–water partition coefficient (Wildman–Crippen LogP) is 2.61. The van der Waals surface area contributed by atoms with Crippen molar-refractivity contribution in [3.63, 3.8) is 0 Å². The molecule has 0 bridgehead atoms. The Balaban J connectivity index is 1.61. The molecule has 2 aromatic rings. The summed E-state index contributed by atoms with van der Waals surface area (Å²) in [5, 5.41) is 0. The first-order chi connectivity index (χ1) is 11.0. The first-order valence-corrected chi connectivity index (χ1v) is 7.82. The van der Waals surface area contributed by atoms with E-state index in [0.29, 0.717) is 5.69 Å². The van der Waals surface area contributed by atoms with Crippen molar-refractivity contribution in [3.8, 4) is 0 Å². The van der Waals surface area contributed by atoms with Gasteiger partial charge in [-0.25, -0.2) is 0 Å². The Hall–Kier alpha value is -2.01. The number of halogens is 3. The molecule has 0 aromatic heterocycles. The molecule has 23 heavy (non-hydrogen) atoms. The molecule has 1 fully saturated rings. The molecule has 0 amide bonds. The predicted molar refractivity (Wildman–Crippen MR) is 84.5 cm³/mol. The van der Waals surface area contributed by atoms with E-state index in [0.717, 1.165) is 38.8 Å². The molecule has 0 atom stereocenters. The van der Waals surface area contributed by atoms with Crippen LogP contribution in [-0.2, 0) is 12.7 Å². The maximum Gasteiger partial charge on any atom is 0.416 e. The lowest BCUT2D eigenvalue weighted by Gasteiger charge is -2.34. The molecule has 1 aliphatic heterocycles. The van der Waals surface area contributed by atoms with Gasteiger partial charge in [0.15, 0.2) is 0 Å². The summed E-state index contributed by atoms with van der Waals surface area (Å²) in [6.45, 7) is 4.40. The molecule has 0 aliphatic carbocycles. The Morgan fingerprint density at radius 1 is 0.913 bits per heavy atom. The maximum absolute atomic E-state index is 12.8. The van der Waals surface area contributed by atoms with Crippen LogP contribution in [0.15, 0.2) is 54.6 Å². The van der Waals surface area contributed by atoms with Crippen molar-refractivity contribution in [3.05, 3.63) is 65.7 Å². The number of rotatable bonds is 3. The van der Waals surface area contributed by atoms with Crippen LogP contribution in [0.4, 0.5) is 18.9 Å². The molecule has 2 nitrogen and oxygen atoms in total. The van der Waals surface area contributed by atoms with Gasteiger partial charge < -0.3 is 9.80 Å². The van der Waals surface area contributed by atoms with E-state index in [4.69, 9.17) is 0 Å². The van der Waals surface area contributed by atoms with Gasteiger partial charge in [-0.05, 0) is 18.2 Å². The Morgan fingerprint density at radius 3 is 2.26 bits per heavy atom. The fraction of sp³-hybridized carbons (Fsp3) is 0.333. The van der Waals surface area contributed by atoms with Crippen LogP contribution in [0, 0.1) is 0 Å². The molecule has 3 rings (SSSR count). The van der Waals surface area contributed by atoms with Crippen LogP contribution < -0.4 is 9.80 Å². The Bertz CT molecular complexity index is 632. The van der Waals surface area contributed by atoms with Crippen LogP contribution in [0.3, 0.4) is 0 Å². The summed E-state index contributed by atoms with van der Waals surface area (Å²) in [7, 11) is 0. The molecule has 122 valence electrons. The molecular formula is C18H20F3N2+. The van der Waals surface area contributed by atoms with Crippen LogP contribution in [-0.4, -0.2) is 26.2 Å². The zero-order valence-corrected chi connectivity index (χ0v) is 12.8. The van der Waals surface area contributed by atoms with Crippen LogP contribution >= 0.6 is 0 Å². The van der Waals surface area contributed by atoms with Crippen LogP contribution in [0.1, 0.15) is 11.1 Å². The highest BCUT2D eigenvalue weighted by Crippen LogP contribution is 2.31. The second-order valence-corrected chi connectivity index (χ2v) is 5.95. The van der Waals surface area contributed by atoms with Gasteiger partial charge >= 0.3 is 6.18 Å². The monoisotopic (exact) mass is 321 g/mol. The van der Waals surface area contributed by atoms with Gasteiger partial charge in [-0.2, -0.15) is 13.2 Å². The fourth-order valence-corrected chi connectivity index (χ4v) is 3.02. The maximum atomic E-state index is 12.8. The number of nitrogens with zero attached hydrogens (tertiary/aromatic N) is 1. The first kappa shape index (κ1) is 15.9. The SMILES string of the molecule is FC(F)(F)c1cccc(N2CC[NH+](Cc3ccccc3)CC2)c1. The van der Waals surface area contributed by atoms with Gasteiger partial charge in [0, 0.05) is 11.3 Å². The molecule has 1 aliphatic rings. The summed E-state index contributed by atoms with van der Waals surface area (Å²) in [5.74, 6) is 0. The van der Waals surface area contributed by atoms with E-state index in [1.165, 1.54) is 22.6 Å². The third-order valence-electron chi connectivity index (χ3n) is 4.31. The molecule has 1 saturated heterocycles. The van der Waals surface area contributed by atoms with Crippen molar-refractivity contribution in [1.82, 2.24) is 0 Å². The van der Waals surface area contributed by atoms with Gasteiger partial charge in [0.05, 0.1) is 31.7 Å². The summed E-state index contributed by atoms with van der Waals surface area (Å²) in [5.41, 5.74) is 1.39. The van der Waals surface area contributed by atoms with E-state index in [-0.39, 0.29) is 0 Å². The number of hydrogen-bond acceptors (Lipinski definition) is 1. The average Bonchev–Trinajstić information content (AvgIpc) is 2.56. The second kappa shape index (κ2) is 6.62. The number of benzene rings is 2. The highest BCUT2D eigenvalue weighted by molar-refractivity contribution is 5.49. The van der Waals surface area contributed by atoms with Gasteiger partial charge in [0.25, 0.3) is 0 Å². The van der Waals surface area contributed by atoms with Crippen LogP contribution in [0.5, 0.6) is 0 Å². The minimum absolute atomic E-state index is 0.575. The molecule has 0 unspecified atom stereocenters. The van der Waals surface area contributed by atoms with E-state index in [1.54, 1.807) is 6.07 Å². The van der Waals surface area contributed by atoms with Crippen molar-refractivity contribution >= 4 is 5.69 Å². The normalized spacial score (nSPS) is 16.6. The van der Waals surface area contributed by atoms with E-state index in [9.17, 15) is 13.2 Å². The minimum Gasteiger partial charge on any atom is -0.360 e. The molecule has 5 heteroatoms. The quantitative estimate of drug-likeness (QED) is 0.913. The fourth-order valence-electron chi connectivity index (χ4n) is 3.02. The number of hydrogen-bond donors (Lipinski definition) is 1. The van der Waals surface area contributed by atoms with Crippen molar-refractivity contribution in [2.75, 3.05) is 31.1 Å². The number of piperazine rings is 1. The third kappa shape index (κ3) is 4.05. The van der Waals surface area contributed by atoms with Crippen molar-refractivity contribution in [1.29, 1.82) is 0 Å². The Kier molecular flexibility index (Phi) is 4.57. The zero-order chi connectivity index (χ0) is 16.3. The van der Waals surface area contributed by atoms with Crippen LogP contribution in [0.25, 0.3) is 0 Å². The highest BCUT2D eigenvalue weighted by atomic mass is 19.4. The molecule has 0 radical (unpaired) electrons. The van der Waals surface area contributed by atoms with Crippen molar-refractivity contribution < 1.29 is 18.1 Å². The largest absolute Gasteiger partial charge is 0.416 e. The molecule has 0 spiro atoms. The smallest absolute Gasteiger partial charge is 0.360 e. The van der Waals surface area contributed by atoms with E-state index in [2.05, 4.69) is 12.1 Å². The lowest BCUT2D eigenvalue weighted by molar-refractivity contribution is -0.914. The first-order valence-electron chi connectivity index (χ1n) is 7.82. The topological polar surface area (TPSA) is 7.68 Å². The van der Waals surface area contributed by atoms with Crippen LogP contribution in [0.2, 0.25) is 0 Å². The molecule has 2 aromatic carbocycles. The van der Waals surface area contributed by atoms with Gasteiger partial charge in [-0.3, -0.25) is 0 Å². The second-order valence-electron chi connectivity index (χ2n) is 5.95. The zero-order valence-electron chi connectivity index (χ0n) is 12.8. The summed E-state index contributed by atoms with van der Waals surface area (Å²) < 4.78 is 38.5. The number of anilines is 1. The summed E-state index contributed by atoms with van der Waals surface area (Å²) >= 11 is 0. The number of nitrogens with one attached hydrogen (secondary N) is 1. The van der Waals surface area contributed by atoms with Gasteiger partial charge in [0.2, 0.25) is 0 Å². The van der Waals surface area contributed by atoms with Crippen molar-refractivity contribution in [2.24, 2.45) is 0 Å². The van der Waals surface area contributed by atoms with Crippen molar-refractivity contribution in [2.45, 2.75) is 12.7 Å².